The molecule has 1 saturated heterocycles. The van der Waals surface area contributed by atoms with Crippen molar-refractivity contribution in [3.63, 3.8) is 0 Å². The SMILES string of the molecule is Cc1c(Oc2ncccc2-c2ccnc(N[C@H]3CCCN(C(=O)O)C3)n2)ccc(N(c2ccccc2Cl)S(=O)[O-])c1C. The summed E-state index contributed by atoms with van der Waals surface area (Å²) < 4.78 is 32.0. The molecule has 0 saturated carbocycles. The van der Waals surface area contributed by atoms with Crippen LogP contribution in [-0.2, 0) is 11.3 Å². The highest BCUT2D eigenvalue weighted by Crippen LogP contribution is 2.40. The zero-order valence-electron chi connectivity index (χ0n) is 22.9. The summed E-state index contributed by atoms with van der Waals surface area (Å²) in [5.41, 5.74) is 3.38. The third-order valence-electron chi connectivity index (χ3n) is 7.08. The van der Waals surface area contributed by atoms with Crippen molar-refractivity contribution in [1.29, 1.82) is 0 Å². The van der Waals surface area contributed by atoms with Crippen molar-refractivity contribution >= 4 is 46.3 Å². The number of hydrogen-bond donors (Lipinski definition) is 2. The Balaban J connectivity index is 1.41. The lowest BCUT2D eigenvalue weighted by atomic mass is 10.1. The number of hydrogen-bond acceptors (Lipinski definition) is 8. The fourth-order valence-corrected chi connectivity index (χ4v) is 5.77. The van der Waals surface area contributed by atoms with Crippen molar-refractivity contribution in [2.75, 3.05) is 22.7 Å². The highest BCUT2D eigenvalue weighted by atomic mass is 35.5. The number of aromatic nitrogens is 3. The maximum Gasteiger partial charge on any atom is 0.407 e. The second-order valence-corrected chi connectivity index (χ2v) is 10.9. The molecule has 5 rings (SSSR count). The normalized spacial score (nSPS) is 15.6. The summed E-state index contributed by atoms with van der Waals surface area (Å²) >= 11 is 3.69. The van der Waals surface area contributed by atoms with Gasteiger partial charge in [-0.15, -0.1) is 0 Å². The summed E-state index contributed by atoms with van der Waals surface area (Å²) in [5.74, 6) is 1.18. The average molecular weight is 608 g/mol. The topological polar surface area (TPSA) is 144 Å². The fraction of sp³-hybridized carbons (Fsp3) is 0.241. The number of para-hydroxylation sites is 1. The number of nitrogens with zero attached hydrogens (tertiary/aromatic N) is 5. The molecule has 2 aromatic heterocycles. The van der Waals surface area contributed by atoms with Gasteiger partial charge in [0.1, 0.15) is 5.75 Å². The largest absolute Gasteiger partial charge is 0.755 e. The van der Waals surface area contributed by atoms with Crippen LogP contribution in [0.25, 0.3) is 11.3 Å². The van der Waals surface area contributed by atoms with Crippen LogP contribution < -0.4 is 14.4 Å². The van der Waals surface area contributed by atoms with Crippen LogP contribution in [0.4, 0.5) is 22.1 Å². The van der Waals surface area contributed by atoms with Crippen molar-refractivity contribution in [2.24, 2.45) is 0 Å². The molecule has 1 amide bonds. The first-order valence-corrected chi connectivity index (χ1v) is 14.6. The average Bonchev–Trinajstić information content (AvgIpc) is 2.98. The van der Waals surface area contributed by atoms with E-state index in [9.17, 15) is 18.7 Å². The number of anilines is 3. The van der Waals surface area contributed by atoms with Gasteiger partial charge in [-0.1, -0.05) is 23.7 Å². The van der Waals surface area contributed by atoms with Crippen LogP contribution in [0.3, 0.4) is 0 Å². The molecule has 1 fully saturated rings. The Kier molecular flexibility index (Phi) is 8.86. The molecule has 218 valence electrons. The molecule has 0 aliphatic carbocycles. The molecule has 2 aromatic carbocycles. The minimum Gasteiger partial charge on any atom is -0.755 e. The van der Waals surface area contributed by atoms with Gasteiger partial charge in [-0.2, -0.15) is 0 Å². The van der Waals surface area contributed by atoms with Gasteiger partial charge in [0.25, 0.3) is 0 Å². The quantitative estimate of drug-likeness (QED) is 0.227. The van der Waals surface area contributed by atoms with Crippen molar-refractivity contribution in [3.8, 4) is 22.9 Å². The first-order chi connectivity index (χ1) is 20.2. The summed E-state index contributed by atoms with van der Waals surface area (Å²) in [6, 6.07) is 15.3. The number of amides is 1. The molecule has 42 heavy (non-hydrogen) atoms. The monoisotopic (exact) mass is 607 g/mol. The van der Waals surface area contributed by atoms with Crippen LogP contribution in [0.2, 0.25) is 5.02 Å². The lowest BCUT2D eigenvalue weighted by Crippen LogP contribution is -2.44. The lowest BCUT2D eigenvalue weighted by Gasteiger charge is -2.31. The van der Waals surface area contributed by atoms with E-state index in [2.05, 4.69) is 20.3 Å². The van der Waals surface area contributed by atoms with E-state index in [1.807, 2.05) is 19.9 Å². The maximum absolute atomic E-state index is 12.3. The number of pyridine rings is 1. The molecule has 0 bridgehead atoms. The van der Waals surface area contributed by atoms with Gasteiger partial charge in [0.15, 0.2) is 0 Å². The van der Waals surface area contributed by atoms with Gasteiger partial charge in [0, 0.05) is 31.5 Å². The minimum atomic E-state index is -2.62. The molecule has 13 heteroatoms. The molecular formula is C29H28ClN6O5S-. The number of carbonyl (C=O) groups is 1. The first-order valence-electron chi connectivity index (χ1n) is 13.2. The number of piperidine rings is 1. The summed E-state index contributed by atoms with van der Waals surface area (Å²) in [5, 5.41) is 12.9. The number of halogens is 1. The smallest absolute Gasteiger partial charge is 0.407 e. The van der Waals surface area contributed by atoms with Crippen LogP contribution >= 0.6 is 11.6 Å². The molecule has 4 aromatic rings. The number of ether oxygens (including phenoxy) is 1. The van der Waals surface area contributed by atoms with Gasteiger partial charge >= 0.3 is 6.09 Å². The maximum atomic E-state index is 12.3. The molecule has 2 N–H and O–H groups in total. The van der Waals surface area contributed by atoms with E-state index in [4.69, 9.17) is 16.3 Å². The van der Waals surface area contributed by atoms with Crippen molar-refractivity contribution in [2.45, 2.75) is 32.7 Å². The number of likely N-dealkylation sites (tertiary alicyclic amines) is 1. The molecule has 1 aliphatic rings. The highest BCUT2D eigenvalue weighted by Gasteiger charge is 2.24. The molecule has 1 aliphatic heterocycles. The Morgan fingerprint density at radius 2 is 1.90 bits per heavy atom. The van der Waals surface area contributed by atoms with E-state index in [-0.39, 0.29) is 6.04 Å². The molecule has 1 unspecified atom stereocenters. The van der Waals surface area contributed by atoms with E-state index >= 15 is 0 Å². The van der Waals surface area contributed by atoms with E-state index in [0.717, 1.165) is 22.7 Å². The zero-order valence-corrected chi connectivity index (χ0v) is 24.4. The summed E-state index contributed by atoms with van der Waals surface area (Å²) in [6.07, 6.45) is 3.85. The van der Waals surface area contributed by atoms with Crippen molar-refractivity contribution in [3.05, 3.63) is 83.1 Å². The first kappa shape index (κ1) is 29.2. The van der Waals surface area contributed by atoms with Crippen molar-refractivity contribution < 1.29 is 23.4 Å². The van der Waals surface area contributed by atoms with Crippen LogP contribution in [0.15, 0.2) is 67.0 Å². The van der Waals surface area contributed by atoms with Gasteiger partial charge in [-0.05, 0) is 80.3 Å². The van der Waals surface area contributed by atoms with Gasteiger partial charge in [0.2, 0.25) is 11.8 Å². The van der Waals surface area contributed by atoms with E-state index in [1.165, 1.54) is 4.90 Å². The van der Waals surface area contributed by atoms with E-state index in [1.54, 1.807) is 60.9 Å². The molecule has 3 heterocycles. The summed E-state index contributed by atoms with van der Waals surface area (Å²) in [4.78, 5) is 26.2. The predicted molar refractivity (Wildman–Crippen MR) is 160 cm³/mol. The second-order valence-electron chi connectivity index (χ2n) is 9.73. The van der Waals surface area contributed by atoms with E-state index < -0.39 is 17.4 Å². The Bertz CT molecular complexity index is 1640. The Hall–Kier alpha value is -4.26. The number of nitrogens with one attached hydrogen (secondary N) is 1. The van der Waals surface area contributed by atoms with Crippen LogP contribution in [0, 0.1) is 13.8 Å². The predicted octanol–water partition coefficient (Wildman–Crippen LogP) is 6.09. The Morgan fingerprint density at radius 1 is 1.10 bits per heavy atom. The molecule has 0 spiro atoms. The van der Waals surface area contributed by atoms with Crippen molar-refractivity contribution in [1.82, 2.24) is 19.9 Å². The third kappa shape index (κ3) is 6.30. The van der Waals surface area contributed by atoms with E-state index in [0.29, 0.717) is 63.9 Å². The van der Waals surface area contributed by atoms with Crippen LogP contribution in [0.5, 0.6) is 11.6 Å². The van der Waals surface area contributed by atoms with Gasteiger partial charge in [-0.3, -0.25) is 8.51 Å². The minimum absolute atomic E-state index is 0.104. The Labute approximate surface area is 250 Å². The molecule has 2 atom stereocenters. The third-order valence-corrected chi connectivity index (χ3v) is 8.09. The fourth-order valence-electron chi connectivity index (χ4n) is 4.82. The van der Waals surface area contributed by atoms with Crippen LogP contribution in [-0.4, -0.2) is 58.9 Å². The lowest BCUT2D eigenvalue weighted by molar-refractivity contribution is 0.132. The Morgan fingerprint density at radius 3 is 2.67 bits per heavy atom. The second kappa shape index (κ2) is 12.7. The summed E-state index contributed by atoms with van der Waals surface area (Å²) in [7, 11) is 0. The number of benzene rings is 2. The summed E-state index contributed by atoms with van der Waals surface area (Å²) in [6.45, 7) is 4.52. The number of carboxylic acid groups (broad SMARTS) is 1. The van der Waals surface area contributed by atoms with Gasteiger partial charge in [-0.25, -0.2) is 19.7 Å². The zero-order chi connectivity index (χ0) is 29.8. The van der Waals surface area contributed by atoms with Gasteiger partial charge in [0.05, 0.1) is 38.9 Å². The van der Waals surface area contributed by atoms with Crippen LogP contribution in [0.1, 0.15) is 24.0 Å². The number of rotatable bonds is 8. The highest BCUT2D eigenvalue weighted by molar-refractivity contribution is 7.81. The molecule has 11 nitrogen and oxygen atoms in total. The van der Waals surface area contributed by atoms with Gasteiger partial charge < -0.3 is 24.6 Å². The molecule has 0 radical (unpaired) electrons. The molecular weight excluding hydrogens is 580 g/mol. The standard InChI is InChI=1S/C29H29ClN6O5S/c1-18-19(2)26(12-11-24(18)36(42(39)40)25-10-4-3-9-22(25)30)41-27-21(8-5-14-31-27)23-13-15-32-28(34-23)33-20-7-6-16-35(17-20)29(37)38/h3-5,8-15,20H,6-7,16-17H2,1-2H3,(H,37,38)(H,39,40)(H,32,33,34)/p-1/t20-/m0/s1.